The fourth-order valence-corrected chi connectivity index (χ4v) is 4.43. The number of anilines is 1. The number of rotatable bonds is 5. The summed E-state index contributed by atoms with van der Waals surface area (Å²) >= 11 is 1.39. The Hall–Kier alpha value is -4.11. The number of imidazole rings is 1. The first-order chi connectivity index (χ1) is 15.6. The van der Waals surface area contributed by atoms with Crippen molar-refractivity contribution in [3.8, 4) is 27.8 Å². The zero-order chi connectivity index (χ0) is 22.1. The second-order valence-corrected chi connectivity index (χ2v) is 8.12. The van der Waals surface area contributed by atoms with Crippen molar-refractivity contribution in [3.63, 3.8) is 0 Å². The quantitative estimate of drug-likeness (QED) is 0.438. The SMILES string of the molecule is Cc1c(C(=O)Nc2nc(-c3ccccc3)c(-c3nccn3C)s2)cnn1-c1ccccn1. The van der Waals surface area contributed by atoms with Crippen molar-refractivity contribution in [2.75, 3.05) is 5.32 Å². The van der Waals surface area contributed by atoms with Crippen molar-refractivity contribution in [1.29, 1.82) is 0 Å². The van der Waals surface area contributed by atoms with E-state index in [-0.39, 0.29) is 5.91 Å². The summed E-state index contributed by atoms with van der Waals surface area (Å²) in [6.45, 7) is 1.84. The maximum atomic E-state index is 13.1. The summed E-state index contributed by atoms with van der Waals surface area (Å²) in [4.78, 5) is 27.4. The Morgan fingerprint density at radius 2 is 1.84 bits per heavy atom. The fraction of sp³-hybridized carbons (Fsp3) is 0.0870. The lowest BCUT2D eigenvalue weighted by Gasteiger charge is -2.04. The predicted molar refractivity (Wildman–Crippen MR) is 124 cm³/mol. The van der Waals surface area contributed by atoms with Gasteiger partial charge in [0.25, 0.3) is 5.91 Å². The van der Waals surface area contributed by atoms with Crippen LogP contribution in [0.1, 0.15) is 16.1 Å². The highest BCUT2D eigenvalue weighted by Gasteiger charge is 2.21. The van der Waals surface area contributed by atoms with Gasteiger partial charge in [0, 0.05) is 31.2 Å². The molecule has 0 saturated carbocycles. The van der Waals surface area contributed by atoms with E-state index in [1.54, 1.807) is 23.3 Å². The number of carbonyl (C=O) groups is 1. The van der Waals surface area contributed by atoms with Gasteiger partial charge in [-0.2, -0.15) is 5.10 Å². The van der Waals surface area contributed by atoms with Crippen LogP contribution in [0.3, 0.4) is 0 Å². The molecule has 4 aromatic heterocycles. The lowest BCUT2D eigenvalue weighted by molar-refractivity contribution is 0.102. The van der Waals surface area contributed by atoms with Gasteiger partial charge in [-0.3, -0.25) is 10.1 Å². The van der Waals surface area contributed by atoms with Gasteiger partial charge in [-0.15, -0.1) is 0 Å². The molecule has 158 valence electrons. The van der Waals surface area contributed by atoms with Crippen molar-refractivity contribution in [2.24, 2.45) is 7.05 Å². The van der Waals surface area contributed by atoms with Crippen LogP contribution in [-0.2, 0) is 7.05 Å². The Morgan fingerprint density at radius 3 is 2.56 bits per heavy atom. The number of benzene rings is 1. The Bertz CT molecular complexity index is 1390. The molecule has 1 aromatic carbocycles. The molecular weight excluding hydrogens is 422 g/mol. The highest BCUT2D eigenvalue weighted by Crippen LogP contribution is 2.38. The summed E-state index contributed by atoms with van der Waals surface area (Å²) in [5.41, 5.74) is 2.90. The molecule has 5 rings (SSSR count). The van der Waals surface area contributed by atoms with E-state index in [4.69, 9.17) is 4.98 Å². The van der Waals surface area contributed by atoms with Gasteiger partial charge in [-0.05, 0) is 19.1 Å². The number of thiazole rings is 1. The van der Waals surface area contributed by atoms with Crippen molar-refractivity contribution in [3.05, 3.63) is 84.6 Å². The van der Waals surface area contributed by atoms with Crippen LogP contribution in [0.5, 0.6) is 0 Å². The third-order valence-electron chi connectivity index (χ3n) is 5.04. The zero-order valence-corrected chi connectivity index (χ0v) is 18.2. The molecule has 4 heterocycles. The van der Waals surface area contributed by atoms with Crippen LogP contribution in [0.15, 0.2) is 73.3 Å². The Kier molecular flexibility index (Phi) is 5.08. The van der Waals surface area contributed by atoms with Gasteiger partial charge >= 0.3 is 0 Å². The lowest BCUT2D eigenvalue weighted by atomic mass is 10.1. The molecule has 0 bridgehead atoms. The van der Waals surface area contributed by atoms with Crippen LogP contribution in [0.4, 0.5) is 5.13 Å². The molecule has 0 radical (unpaired) electrons. The van der Waals surface area contributed by atoms with Crippen molar-refractivity contribution in [2.45, 2.75) is 6.92 Å². The summed E-state index contributed by atoms with van der Waals surface area (Å²) in [6, 6.07) is 15.4. The van der Waals surface area contributed by atoms with Gasteiger partial charge in [0.05, 0.1) is 28.0 Å². The fourth-order valence-electron chi connectivity index (χ4n) is 3.41. The summed E-state index contributed by atoms with van der Waals surface area (Å²) in [6.07, 6.45) is 6.87. The second-order valence-electron chi connectivity index (χ2n) is 7.12. The Balaban J connectivity index is 1.49. The smallest absolute Gasteiger partial charge is 0.260 e. The zero-order valence-electron chi connectivity index (χ0n) is 17.4. The maximum absolute atomic E-state index is 13.1. The van der Waals surface area contributed by atoms with Crippen molar-refractivity contribution in [1.82, 2.24) is 29.3 Å². The molecule has 0 atom stereocenters. The van der Waals surface area contributed by atoms with E-state index in [9.17, 15) is 4.79 Å². The molecule has 8 nitrogen and oxygen atoms in total. The average Bonchev–Trinajstić information content (AvgIpc) is 3.53. The molecule has 0 fully saturated rings. The largest absolute Gasteiger partial charge is 0.333 e. The van der Waals surface area contributed by atoms with Gasteiger partial charge in [0.15, 0.2) is 16.8 Å². The second kappa shape index (κ2) is 8.20. The topological polar surface area (TPSA) is 90.5 Å². The van der Waals surface area contributed by atoms with Crippen molar-refractivity contribution >= 4 is 22.4 Å². The molecule has 32 heavy (non-hydrogen) atoms. The van der Waals surface area contributed by atoms with E-state index < -0.39 is 0 Å². The molecule has 5 aromatic rings. The molecule has 0 aliphatic carbocycles. The van der Waals surface area contributed by atoms with Crippen LogP contribution in [-0.4, -0.2) is 35.2 Å². The summed E-state index contributed by atoms with van der Waals surface area (Å²) < 4.78 is 3.58. The average molecular weight is 442 g/mol. The molecule has 1 amide bonds. The normalized spacial score (nSPS) is 10.9. The minimum Gasteiger partial charge on any atom is -0.333 e. The maximum Gasteiger partial charge on any atom is 0.260 e. The number of nitrogens with one attached hydrogen (secondary N) is 1. The highest BCUT2D eigenvalue weighted by atomic mass is 32.1. The number of nitrogens with zero attached hydrogens (tertiary/aromatic N) is 6. The van der Waals surface area contributed by atoms with Crippen LogP contribution in [0.25, 0.3) is 27.8 Å². The van der Waals surface area contributed by atoms with Gasteiger partial charge in [-0.1, -0.05) is 47.7 Å². The monoisotopic (exact) mass is 441 g/mol. The first-order valence-corrected chi connectivity index (χ1v) is 10.7. The number of hydrogen-bond donors (Lipinski definition) is 1. The number of hydrogen-bond acceptors (Lipinski definition) is 6. The molecule has 1 N–H and O–H groups in total. The summed E-state index contributed by atoms with van der Waals surface area (Å²) in [5, 5.41) is 7.76. The van der Waals surface area contributed by atoms with E-state index >= 15 is 0 Å². The number of amides is 1. The summed E-state index contributed by atoms with van der Waals surface area (Å²) in [5.74, 6) is 1.17. The van der Waals surface area contributed by atoms with Crippen LogP contribution in [0, 0.1) is 6.92 Å². The number of carbonyl (C=O) groups excluding carboxylic acids is 1. The minimum absolute atomic E-state index is 0.274. The third kappa shape index (κ3) is 3.58. The van der Waals surface area contributed by atoms with Crippen LogP contribution < -0.4 is 5.32 Å². The molecule has 0 spiro atoms. The Labute approximate surface area is 188 Å². The standard InChI is InChI=1S/C23H19N7OS/c1-15-17(14-26-30(15)18-10-6-7-11-24-18)22(31)28-23-27-19(16-8-4-3-5-9-16)20(32-23)21-25-12-13-29(21)2/h3-14H,1-2H3,(H,27,28,31). The van der Waals surface area contributed by atoms with E-state index in [1.807, 2.05) is 73.3 Å². The first kappa shape index (κ1) is 19.8. The first-order valence-electron chi connectivity index (χ1n) is 9.93. The van der Waals surface area contributed by atoms with E-state index in [0.29, 0.717) is 22.2 Å². The molecule has 0 aliphatic heterocycles. The van der Waals surface area contributed by atoms with E-state index in [0.717, 1.165) is 22.0 Å². The van der Waals surface area contributed by atoms with Gasteiger partial charge in [0.1, 0.15) is 0 Å². The number of pyridine rings is 1. The third-order valence-corrected chi connectivity index (χ3v) is 6.01. The molecule has 0 unspecified atom stereocenters. The van der Waals surface area contributed by atoms with Crippen molar-refractivity contribution < 1.29 is 4.79 Å². The highest BCUT2D eigenvalue weighted by molar-refractivity contribution is 7.19. The summed E-state index contributed by atoms with van der Waals surface area (Å²) in [7, 11) is 1.93. The number of aryl methyl sites for hydroxylation is 1. The molecule has 9 heteroatoms. The van der Waals surface area contributed by atoms with E-state index in [1.165, 1.54) is 11.3 Å². The van der Waals surface area contributed by atoms with Gasteiger partial charge in [-0.25, -0.2) is 19.6 Å². The van der Waals surface area contributed by atoms with E-state index in [2.05, 4.69) is 20.4 Å². The lowest BCUT2D eigenvalue weighted by Crippen LogP contribution is -2.13. The molecular formula is C23H19N7OS. The molecule has 0 saturated heterocycles. The van der Waals surface area contributed by atoms with Crippen LogP contribution >= 0.6 is 11.3 Å². The molecule has 0 aliphatic rings. The van der Waals surface area contributed by atoms with Gasteiger partial charge in [0.2, 0.25) is 0 Å². The number of aromatic nitrogens is 6. The van der Waals surface area contributed by atoms with Crippen LogP contribution in [0.2, 0.25) is 0 Å². The predicted octanol–water partition coefficient (Wildman–Crippen LogP) is 4.35. The minimum atomic E-state index is -0.274. The van der Waals surface area contributed by atoms with Gasteiger partial charge < -0.3 is 4.57 Å². The Morgan fingerprint density at radius 1 is 1.03 bits per heavy atom.